The van der Waals surface area contributed by atoms with Gasteiger partial charge in [-0.1, -0.05) is 46.9 Å². The van der Waals surface area contributed by atoms with Gasteiger partial charge in [0.05, 0.1) is 37.4 Å². The molecule has 4 nitrogen and oxygen atoms in total. The molecule has 0 atom stereocenters. The second-order valence-electron chi connectivity index (χ2n) is 6.78. The Hall–Kier alpha value is -2.45. The van der Waals surface area contributed by atoms with Crippen LogP contribution in [0.4, 0.5) is 11.5 Å². The lowest BCUT2D eigenvalue weighted by Gasteiger charge is -2.17. The number of anilines is 2. The SMILES string of the molecule is N#Cc1c2c(c(Nc3cc(Cl)c(Cl)cc3Cl)n3c1nc1ccccc13)CCC2. The minimum absolute atomic E-state index is 0.403. The van der Waals surface area contributed by atoms with Gasteiger partial charge in [-0.2, -0.15) is 5.26 Å². The first-order valence-electron chi connectivity index (χ1n) is 8.85. The first-order chi connectivity index (χ1) is 13.6. The number of hydrogen-bond acceptors (Lipinski definition) is 3. The molecule has 1 aliphatic rings. The van der Waals surface area contributed by atoms with Crippen LogP contribution in [0.1, 0.15) is 23.1 Å². The van der Waals surface area contributed by atoms with Gasteiger partial charge in [0.2, 0.25) is 0 Å². The summed E-state index contributed by atoms with van der Waals surface area (Å²) in [5, 5.41) is 14.6. The Balaban J connectivity index is 1.86. The van der Waals surface area contributed by atoms with Crippen LogP contribution in [0.5, 0.6) is 0 Å². The van der Waals surface area contributed by atoms with Crippen LogP contribution in [0.25, 0.3) is 16.7 Å². The van der Waals surface area contributed by atoms with Crippen LogP contribution in [0, 0.1) is 11.3 Å². The molecule has 1 N–H and O–H groups in total. The highest BCUT2D eigenvalue weighted by Gasteiger charge is 2.26. The van der Waals surface area contributed by atoms with Crippen molar-refractivity contribution >= 4 is 63.0 Å². The van der Waals surface area contributed by atoms with Crippen LogP contribution >= 0.6 is 34.8 Å². The minimum Gasteiger partial charge on any atom is -0.340 e. The van der Waals surface area contributed by atoms with Crippen LogP contribution < -0.4 is 5.32 Å². The quantitative estimate of drug-likeness (QED) is 0.369. The van der Waals surface area contributed by atoms with Crippen LogP contribution in [-0.4, -0.2) is 9.38 Å². The summed E-state index contributed by atoms with van der Waals surface area (Å²) in [6, 6.07) is 13.6. The summed E-state index contributed by atoms with van der Waals surface area (Å²) in [7, 11) is 0. The smallest absolute Gasteiger partial charge is 0.157 e. The fourth-order valence-electron chi connectivity index (χ4n) is 3.97. The molecular weight excluding hydrogens is 415 g/mol. The number of pyridine rings is 1. The highest BCUT2D eigenvalue weighted by atomic mass is 35.5. The molecule has 0 aliphatic heterocycles. The van der Waals surface area contributed by atoms with Gasteiger partial charge in [-0.05, 0) is 54.7 Å². The number of nitrogens with one attached hydrogen (secondary N) is 1. The number of imidazole rings is 1. The molecule has 1 aliphatic carbocycles. The molecule has 4 aromatic rings. The summed E-state index contributed by atoms with van der Waals surface area (Å²) in [6.45, 7) is 0. The van der Waals surface area contributed by atoms with E-state index in [1.807, 2.05) is 28.7 Å². The maximum absolute atomic E-state index is 9.84. The van der Waals surface area contributed by atoms with E-state index in [2.05, 4.69) is 11.4 Å². The van der Waals surface area contributed by atoms with E-state index in [0.717, 1.165) is 47.2 Å². The van der Waals surface area contributed by atoms with E-state index in [0.29, 0.717) is 32.0 Å². The van der Waals surface area contributed by atoms with Gasteiger partial charge in [0.25, 0.3) is 0 Å². The van der Waals surface area contributed by atoms with Crippen molar-refractivity contribution in [3.8, 4) is 6.07 Å². The average Bonchev–Trinajstić information content (AvgIpc) is 3.31. The van der Waals surface area contributed by atoms with Gasteiger partial charge in [0.15, 0.2) is 5.65 Å². The van der Waals surface area contributed by atoms with Crippen LogP contribution in [0.3, 0.4) is 0 Å². The summed E-state index contributed by atoms with van der Waals surface area (Å²) in [5.41, 5.74) is 5.91. The Bertz CT molecular complexity index is 1320. The van der Waals surface area contributed by atoms with Crippen LogP contribution in [0.2, 0.25) is 15.1 Å². The zero-order chi connectivity index (χ0) is 19.4. The predicted octanol–water partition coefficient (Wildman–Crippen LogP) is 6.55. The Morgan fingerprint density at radius 3 is 2.57 bits per heavy atom. The molecule has 0 amide bonds. The van der Waals surface area contributed by atoms with Crippen molar-refractivity contribution in [1.29, 1.82) is 5.26 Å². The molecular formula is C21H13Cl3N4. The van der Waals surface area contributed by atoms with Gasteiger partial charge < -0.3 is 5.32 Å². The highest BCUT2D eigenvalue weighted by Crippen LogP contribution is 2.40. The zero-order valence-corrected chi connectivity index (χ0v) is 16.8. The average molecular weight is 428 g/mol. The van der Waals surface area contributed by atoms with Crippen molar-refractivity contribution in [3.05, 3.63) is 68.2 Å². The molecule has 5 rings (SSSR count). The topological polar surface area (TPSA) is 53.1 Å². The van der Waals surface area contributed by atoms with E-state index in [1.165, 1.54) is 0 Å². The van der Waals surface area contributed by atoms with Gasteiger partial charge in [0.1, 0.15) is 11.9 Å². The number of benzene rings is 2. The minimum atomic E-state index is 0.403. The number of halogens is 3. The number of rotatable bonds is 2. The molecule has 2 aromatic heterocycles. The molecule has 2 heterocycles. The Morgan fingerprint density at radius 1 is 1.00 bits per heavy atom. The number of fused-ring (bicyclic) bond motifs is 4. The van der Waals surface area contributed by atoms with E-state index in [1.54, 1.807) is 12.1 Å². The number of para-hydroxylation sites is 2. The largest absolute Gasteiger partial charge is 0.340 e. The fourth-order valence-corrected chi connectivity index (χ4v) is 4.56. The van der Waals surface area contributed by atoms with Gasteiger partial charge >= 0.3 is 0 Å². The predicted molar refractivity (Wildman–Crippen MR) is 114 cm³/mol. The maximum atomic E-state index is 9.84. The summed E-state index contributed by atoms with van der Waals surface area (Å²) in [4.78, 5) is 4.74. The summed E-state index contributed by atoms with van der Waals surface area (Å²) < 4.78 is 2.01. The summed E-state index contributed by atoms with van der Waals surface area (Å²) in [6.07, 6.45) is 2.74. The number of aromatic nitrogens is 2. The zero-order valence-electron chi connectivity index (χ0n) is 14.6. The van der Waals surface area contributed by atoms with Crippen molar-refractivity contribution in [2.75, 3.05) is 5.32 Å². The van der Waals surface area contributed by atoms with Crippen LogP contribution in [-0.2, 0) is 12.8 Å². The van der Waals surface area contributed by atoms with E-state index < -0.39 is 0 Å². The normalized spacial score (nSPS) is 13.1. The standard InChI is InChI=1S/C21H13Cl3N4/c22-14-8-16(24)18(9-15(14)23)27-20-12-5-3-4-11(12)13(10-25)21-26-17-6-1-2-7-19(17)28(20)21/h1-2,6-9,27H,3-5H2. The second kappa shape index (κ2) is 6.56. The van der Waals surface area contributed by atoms with E-state index in [-0.39, 0.29) is 0 Å². The molecule has 7 heteroatoms. The highest BCUT2D eigenvalue weighted by molar-refractivity contribution is 6.44. The van der Waals surface area contributed by atoms with E-state index in [9.17, 15) is 5.26 Å². The van der Waals surface area contributed by atoms with E-state index in [4.69, 9.17) is 39.8 Å². The van der Waals surface area contributed by atoms with Crippen molar-refractivity contribution in [1.82, 2.24) is 9.38 Å². The third-order valence-electron chi connectivity index (χ3n) is 5.19. The number of nitrogens with zero attached hydrogens (tertiary/aromatic N) is 3. The second-order valence-corrected chi connectivity index (χ2v) is 8.00. The Morgan fingerprint density at radius 2 is 1.75 bits per heavy atom. The third-order valence-corrected chi connectivity index (χ3v) is 6.22. The molecule has 0 spiro atoms. The lowest BCUT2D eigenvalue weighted by Crippen LogP contribution is -2.06. The van der Waals surface area contributed by atoms with Gasteiger partial charge in [-0.15, -0.1) is 0 Å². The van der Waals surface area contributed by atoms with Crippen molar-refractivity contribution in [3.63, 3.8) is 0 Å². The first kappa shape index (κ1) is 17.6. The molecule has 2 aromatic carbocycles. The van der Waals surface area contributed by atoms with Gasteiger partial charge in [-0.25, -0.2) is 4.98 Å². The van der Waals surface area contributed by atoms with Gasteiger partial charge in [0, 0.05) is 0 Å². The number of hydrogen-bond donors (Lipinski definition) is 1. The third kappa shape index (κ3) is 2.55. The Labute approximate surface area is 176 Å². The molecule has 138 valence electrons. The van der Waals surface area contributed by atoms with Crippen molar-refractivity contribution < 1.29 is 0 Å². The van der Waals surface area contributed by atoms with Crippen molar-refractivity contribution in [2.45, 2.75) is 19.3 Å². The Kier molecular flexibility index (Phi) is 4.13. The maximum Gasteiger partial charge on any atom is 0.157 e. The molecule has 0 unspecified atom stereocenters. The molecule has 0 bridgehead atoms. The molecule has 0 saturated heterocycles. The van der Waals surface area contributed by atoms with E-state index >= 15 is 0 Å². The van der Waals surface area contributed by atoms with Crippen molar-refractivity contribution in [2.24, 2.45) is 0 Å². The molecule has 0 radical (unpaired) electrons. The lowest BCUT2D eigenvalue weighted by molar-refractivity contribution is 0.910. The summed E-state index contributed by atoms with van der Waals surface area (Å²) >= 11 is 18.7. The first-order valence-corrected chi connectivity index (χ1v) is 9.98. The lowest BCUT2D eigenvalue weighted by atomic mass is 10.1. The number of nitriles is 1. The monoisotopic (exact) mass is 426 g/mol. The van der Waals surface area contributed by atoms with Gasteiger partial charge in [-0.3, -0.25) is 4.40 Å². The molecule has 0 saturated carbocycles. The van der Waals surface area contributed by atoms with Crippen LogP contribution in [0.15, 0.2) is 36.4 Å². The fraction of sp³-hybridized carbons (Fsp3) is 0.143. The summed E-state index contributed by atoms with van der Waals surface area (Å²) in [5.74, 6) is 0.871. The molecule has 0 fully saturated rings. The molecule has 28 heavy (non-hydrogen) atoms.